The monoisotopic (exact) mass is 327 g/mol. The Morgan fingerprint density at radius 2 is 2.00 bits per heavy atom. The van der Waals surface area contributed by atoms with Crippen molar-refractivity contribution in [1.29, 1.82) is 0 Å². The molecule has 1 saturated heterocycles. The third-order valence-electron chi connectivity index (χ3n) is 5.14. The average molecular weight is 327 g/mol. The topological polar surface area (TPSA) is 58.4 Å². The number of rotatable bonds is 4. The van der Waals surface area contributed by atoms with E-state index in [1.54, 1.807) is 0 Å². The number of piperidine rings is 1. The van der Waals surface area contributed by atoms with E-state index < -0.39 is 17.7 Å². The first kappa shape index (κ1) is 16.5. The standard InChI is InChI=1S/C16H23F2N3O2/c17-16(18)12-8-15(23)21(10-19-12)9-11-4-6-20(7-5-11)13-2-1-3-14(13)22/h8,10-11,13-14,16,22H,1-7,9H2. The molecule has 1 saturated carbocycles. The van der Waals surface area contributed by atoms with Gasteiger partial charge in [0.15, 0.2) is 0 Å². The number of nitrogens with zero attached hydrogens (tertiary/aromatic N) is 3. The van der Waals surface area contributed by atoms with Gasteiger partial charge in [-0.2, -0.15) is 0 Å². The maximum absolute atomic E-state index is 12.5. The Hall–Kier alpha value is -1.34. The Balaban J connectivity index is 1.55. The van der Waals surface area contributed by atoms with Gasteiger partial charge < -0.3 is 5.11 Å². The largest absolute Gasteiger partial charge is 0.391 e. The molecular weight excluding hydrogens is 304 g/mol. The van der Waals surface area contributed by atoms with Crippen molar-refractivity contribution in [1.82, 2.24) is 14.5 Å². The van der Waals surface area contributed by atoms with Crippen LogP contribution in [0.25, 0.3) is 0 Å². The Kier molecular flexibility index (Phi) is 5.06. The maximum atomic E-state index is 12.5. The minimum Gasteiger partial charge on any atom is -0.391 e. The molecule has 2 unspecified atom stereocenters. The first-order valence-electron chi connectivity index (χ1n) is 8.31. The van der Waals surface area contributed by atoms with Crippen LogP contribution in [0.2, 0.25) is 0 Å². The van der Waals surface area contributed by atoms with E-state index in [2.05, 4.69) is 9.88 Å². The van der Waals surface area contributed by atoms with Crippen molar-refractivity contribution in [2.24, 2.45) is 5.92 Å². The molecule has 2 aliphatic rings. The van der Waals surface area contributed by atoms with Crippen LogP contribution < -0.4 is 5.56 Å². The molecule has 7 heteroatoms. The van der Waals surface area contributed by atoms with E-state index in [4.69, 9.17) is 0 Å². The second kappa shape index (κ2) is 7.05. The first-order chi connectivity index (χ1) is 11.0. The van der Waals surface area contributed by atoms with Crippen LogP contribution in [-0.2, 0) is 6.54 Å². The number of hydrogen-bond acceptors (Lipinski definition) is 4. The molecule has 5 nitrogen and oxygen atoms in total. The molecule has 0 radical (unpaired) electrons. The lowest BCUT2D eigenvalue weighted by atomic mass is 9.95. The molecule has 3 rings (SSSR count). The Morgan fingerprint density at radius 3 is 2.57 bits per heavy atom. The van der Waals surface area contributed by atoms with Crippen LogP contribution in [0.15, 0.2) is 17.2 Å². The Labute approximate surface area is 133 Å². The van der Waals surface area contributed by atoms with Crippen molar-refractivity contribution in [2.75, 3.05) is 13.1 Å². The van der Waals surface area contributed by atoms with Gasteiger partial charge in [0.1, 0.15) is 5.69 Å². The zero-order chi connectivity index (χ0) is 16.4. The molecule has 128 valence electrons. The number of aliphatic hydroxyl groups is 1. The molecule has 1 aromatic heterocycles. The molecule has 1 N–H and O–H groups in total. The molecule has 2 fully saturated rings. The van der Waals surface area contributed by atoms with Crippen molar-refractivity contribution < 1.29 is 13.9 Å². The number of aliphatic hydroxyl groups excluding tert-OH is 1. The number of halogens is 2. The molecule has 2 atom stereocenters. The van der Waals surface area contributed by atoms with Gasteiger partial charge in [0.25, 0.3) is 12.0 Å². The second-order valence-corrected chi connectivity index (χ2v) is 6.65. The second-order valence-electron chi connectivity index (χ2n) is 6.65. The summed E-state index contributed by atoms with van der Waals surface area (Å²) in [6, 6.07) is 1.21. The summed E-state index contributed by atoms with van der Waals surface area (Å²) in [4.78, 5) is 17.9. The van der Waals surface area contributed by atoms with E-state index in [9.17, 15) is 18.7 Å². The lowest BCUT2D eigenvalue weighted by Gasteiger charge is -2.37. The molecule has 0 spiro atoms. The molecule has 0 amide bonds. The highest BCUT2D eigenvalue weighted by Crippen LogP contribution is 2.28. The fraction of sp³-hybridized carbons (Fsp3) is 0.750. The van der Waals surface area contributed by atoms with Gasteiger partial charge in [0.2, 0.25) is 0 Å². The van der Waals surface area contributed by atoms with Crippen LogP contribution in [0.3, 0.4) is 0 Å². The van der Waals surface area contributed by atoms with E-state index in [0.717, 1.165) is 51.3 Å². The van der Waals surface area contributed by atoms with Crippen molar-refractivity contribution in [3.8, 4) is 0 Å². The molecule has 2 heterocycles. The molecule has 0 aromatic carbocycles. The number of aromatic nitrogens is 2. The third kappa shape index (κ3) is 3.77. The Morgan fingerprint density at radius 1 is 1.26 bits per heavy atom. The zero-order valence-electron chi connectivity index (χ0n) is 13.1. The van der Waals surface area contributed by atoms with Crippen LogP contribution >= 0.6 is 0 Å². The normalized spacial score (nSPS) is 27.0. The van der Waals surface area contributed by atoms with Crippen LogP contribution in [0.4, 0.5) is 8.78 Å². The molecule has 1 aliphatic heterocycles. The van der Waals surface area contributed by atoms with E-state index >= 15 is 0 Å². The van der Waals surface area contributed by atoms with Gasteiger partial charge in [-0.3, -0.25) is 14.3 Å². The first-order valence-corrected chi connectivity index (χ1v) is 8.31. The smallest absolute Gasteiger partial charge is 0.280 e. The number of likely N-dealkylation sites (tertiary alicyclic amines) is 1. The van der Waals surface area contributed by atoms with Crippen molar-refractivity contribution >= 4 is 0 Å². The highest BCUT2D eigenvalue weighted by atomic mass is 19.3. The summed E-state index contributed by atoms with van der Waals surface area (Å²) in [5.74, 6) is 0.349. The lowest BCUT2D eigenvalue weighted by molar-refractivity contribution is 0.0460. The Bertz CT molecular complexity index is 585. The van der Waals surface area contributed by atoms with Gasteiger partial charge in [0.05, 0.1) is 12.4 Å². The summed E-state index contributed by atoms with van der Waals surface area (Å²) in [5.41, 5.74) is -0.875. The number of hydrogen-bond donors (Lipinski definition) is 1. The highest BCUT2D eigenvalue weighted by Gasteiger charge is 2.33. The van der Waals surface area contributed by atoms with Gasteiger partial charge in [-0.15, -0.1) is 0 Å². The molecule has 1 aromatic rings. The van der Waals surface area contributed by atoms with Crippen molar-refractivity contribution in [3.63, 3.8) is 0 Å². The number of alkyl halides is 2. The summed E-state index contributed by atoms with van der Waals surface area (Å²) < 4.78 is 26.5. The van der Waals surface area contributed by atoms with Crippen molar-refractivity contribution in [3.05, 3.63) is 28.4 Å². The van der Waals surface area contributed by atoms with E-state index in [1.165, 1.54) is 10.9 Å². The minimum atomic E-state index is -2.71. The van der Waals surface area contributed by atoms with Gasteiger partial charge in [-0.1, -0.05) is 0 Å². The SMILES string of the molecule is O=c1cc(C(F)F)ncn1CC1CCN(C2CCCC2O)CC1. The van der Waals surface area contributed by atoms with Crippen LogP contribution in [0.5, 0.6) is 0 Å². The molecule has 23 heavy (non-hydrogen) atoms. The van der Waals surface area contributed by atoms with E-state index in [0.29, 0.717) is 12.5 Å². The van der Waals surface area contributed by atoms with E-state index in [-0.39, 0.29) is 12.1 Å². The van der Waals surface area contributed by atoms with Gasteiger partial charge >= 0.3 is 0 Å². The maximum Gasteiger partial charge on any atom is 0.280 e. The lowest BCUT2D eigenvalue weighted by Crippen LogP contribution is -2.45. The summed E-state index contributed by atoms with van der Waals surface area (Å²) in [6.45, 7) is 2.36. The molecule has 1 aliphatic carbocycles. The van der Waals surface area contributed by atoms with Gasteiger partial charge in [-0.25, -0.2) is 13.8 Å². The van der Waals surface area contributed by atoms with E-state index in [1.807, 2.05) is 0 Å². The van der Waals surface area contributed by atoms with Gasteiger partial charge in [-0.05, 0) is 51.1 Å². The summed E-state index contributed by atoms with van der Waals surface area (Å²) in [6.07, 6.45) is 3.25. The summed E-state index contributed by atoms with van der Waals surface area (Å²) in [5, 5.41) is 9.99. The predicted octanol–water partition coefficient (Wildman–Crippen LogP) is 1.81. The predicted molar refractivity (Wildman–Crippen MR) is 81.4 cm³/mol. The van der Waals surface area contributed by atoms with Crippen LogP contribution in [0, 0.1) is 5.92 Å². The van der Waals surface area contributed by atoms with Crippen LogP contribution in [0.1, 0.15) is 44.2 Å². The fourth-order valence-electron chi connectivity index (χ4n) is 3.79. The molecule has 0 bridgehead atoms. The highest BCUT2D eigenvalue weighted by molar-refractivity contribution is 5.01. The van der Waals surface area contributed by atoms with Gasteiger partial charge in [0, 0.05) is 18.7 Å². The fourth-order valence-corrected chi connectivity index (χ4v) is 3.79. The van der Waals surface area contributed by atoms with Crippen molar-refractivity contribution in [2.45, 2.75) is 57.2 Å². The zero-order valence-corrected chi connectivity index (χ0v) is 13.1. The summed E-state index contributed by atoms with van der Waals surface area (Å²) in [7, 11) is 0. The minimum absolute atomic E-state index is 0.208. The molecular formula is C16H23F2N3O2. The quantitative estimate of drug-likeness (QED) is 0.916. The summed E-state index contributed by atoms with van der Waals surface area (Å²) >= 11 is 0. The van der Waals surface area contributed by atoms with Crippen LogP contribution in [-0.4, -0.2) is 44.8 Å². The average Bonchev–Trinajstić information content (AvgIpc) is 2.96. The third-order valence-corrected chi connectivity index (χ3v) is 5.14.